The van der Waals surface area contributed by atoms with E-state index >= 15 is 0 Å². The van der Waals surface area contributed by atoms with Gasteiger partial charge >= 0.3 is 12.0 Å². The molecule has 0 aliphatic heterocycles. The van der Waals surface area contributed by atoms with Gasteiger partial charge in [0.2, 0.25) is 0 Å². The van der Waals surface area contributed by atoms with Crippen molar-refractivity contribution < 1.29 is 19.5 Å². The molecule has 7 heteroatoms. The number of fused-ring (bicyclic) bond motifs is 3. The Kier molecular flexibility index (Phi) is 4.33. The van der Waals surface area contributed by atoms with Gasteiger partial charge in [-0.05, 0) is 47.5 Å². The molecule has 0 heterocycles. The molecule has 6 nitrogen and oxygen atoms in total. The summed E-state index contributed by atoms with van der Waals surface area (Å²) in [6.07, 6.45) is 0. The van der Waals surface area contributed by atoms with Crippen molar-refractivity contribution in [1.29, 1.82) is 0 Å². The summed E-state index contributed by atoms with van der Waals surface area (Å²) in [5, 5.41) is 14.7. The number of rotatable bonds is 3. The molecule has 1 aliphatic rings. The topological polar surface area (TPSA) is 95.5 Å². The number of benzene rings is 3. The molecule has 0 bridgehead atoms. The van der Waals surface area contributed by atoms with E-state index in [2.05, 4.69) is 10.6 Å². The lowest BCUT2D eigenvalue weighted by Crippen LogP contribution is -2.21. The molecule has 0 unspecified atom stereocenters. The predicted molar refractivity (Wildman–Crippen MR) is 106 cm³/mol. The Morgan fingerprint density at radius 2 is 1.54 bits per heavy atom. The van der Waals surface area contributed by atoms with Gasteiger partial charge < -0.3 is 15.7 Å². The van der Waals surface area contributed by atoms with Crippen LogP contribution in [0, 0.1) is 0 Å². The summed E-state index contributed by atoms with van der Waals surface area (Å²) in [6, 6.07) is 15.8. The number of carboxylic acids is 1. The van der Waals surface area contributed by atoms with Crippen LogP contribution in [0.25, 0.3) is 11.1 Å². The summed E-state index contributed by atoms with van der Waals surface area (Å²) in [6.45, 7) is 0. The smallest absolute Gasteiger partial charge is 0.337 e. The molecular weight excluding hydrogens is 380 g/mol. The van der Waals surface area contributed by atoms with Crippen LogP contribution in [0.2, 0.25) is 5.02 Å². The Balaban J connectivity index is 1.59. The zero-order valence-electron chi connectivity index (χ0n) is 14.3. The lowest BCUT2D eigenvalue weighted by atomic mass is 10.1. The number of hydrogen-bond acceptors (Lipinski definition) is 3. The average Bonchev–Trinajstić information content (AvgIpc) is 2.94. The first kappa shape index (κ1) is 17.8. The molecule has 0 saturated heterocycles. The Morgan fingerprint density at radius 3 is 2.29 bits per heavy atom. The first-order chi connectivity index (χ1) is 13.4. The Labute approximate surface area is 164 Å². The second kappa shape index (κ2) is 6.83. The molecule has 3 aromatic rings. The molecule has 3 aromatic carbocycles. The van der Waals surface area contributed by atoms with Gasteiger partial charge in [0.15, 0.2) is 5.78 Å². The number of halogens is 1. The number of carbonyl (C=O) groups is 3. The molecule has 0 fully saturated rings. The third kappa shape index (κ3) is 3.10. The van der Waals surface area contributed by atoms with E-state index in [1.54, 1.807) is 30.3 Å². The normalized spacial score (nSPS) is 11.5. The van der Waals surface area contributed by atoms with Crippen molar-refractivity contribution in [2.75, 3.05) is 10.6 Å². The fraction of sp³-hybridized carbons (Fsp3) is 0. The lowest BCUT2D eigenvalue weighted by molar-refractivity contribution is 0.0698. The van der Waals surface area contributed by atoms with Gasteiger partial charge in [0, 0.05) is 21.8 Å². The fourth-order valence-electron chi connectivity index (χ4n) is 3.19. The largest absolute Gasteiger partial charge is 0.478 e. The van der Waals surface area contributed by atoms with E-state index in [-0.39, 0.29) is 17.0 Å². The van der Waals surface area contributed by atoms with Crippen LogP contribution < -0.4 is 10.6 Å². The lowest BCUT2D eigenvalue weighted by Gasteiger charge is -2.11. The van der Waals surface area contributed by atoms with Gasteiger partial charge in [-0.25, -0.2) is 9.59 Å². The van der Waals surface area contributed by atoms with Crippen LogP contribution >= 0.6 is 11.6 Å². The van der Waals surface area contributed by atoms with E-state index in [0.29, 0.717) is 21.8 Å². The van der Waals surface area contributed by atoms with Crippen molar-refractivity contribution in [1.82, 2.24) is 0 Å². The highest BCUT2D eigenvalue weighted by Gasteiger charge is 2.26. The van der Waals surface area contributed by atoms with Crippen molar-refractivity contribution in [3.8, 4) is 11.1 Å². The summed E-state index contributed by atoms with van der Waals surface area (Å²) >= 11 is 5.89. The number of amides is 2. The minimum absolute atomic E-state index is 0.0494. The highest BCUT2D eigenvalue weighted by Crippen LogP contribution is 2.37. The zero-order valence-corrected chi connectivity index (χ0v) is 15.1. The van der Waals surface area contributed by atoms with Gasteiger partial charge in [-0.2, -0.15) is 0 Å². The second-order valence-electron chi connectivity index (χ2n) is 6.21. The van der Waals surface area contributed by atoms with Gasteiger partial charge in [-0.15, -0.1) is 0 Å². The average molecular weight is 393 g/mol. The first-order valence-electron chi connectivity index (χ1n) is 8.33. The second-order valence-corrected chi connectivity index (χ2v) is 6.65. The molecule has 0 spiro atoms. The Hall–Kier alpha value is -3.64. The Bertz CT molecular complexity index is 1160. The monoisotopic (exact) mass is 392 g/mol. The van der Waals surface area contributed by atoms with E-state index < -0.39 is 12.0 Å². The molecule has 0 radical (unpaired) electrons. The summed E-state index contributed by atoms with van der Waals surface area (Å²) in [4.78, 5) is 36.1. The highest BCUT2D eigenvalue weighted by atomic mass is 35.5. The van der Waals surface area contributed by atoms with Crippen LogP contribution in [0.3, 0.4) is 0 Å². The van der Waals surface area contributed by atoms with Gasteiger partial charge in [-0.1, -0.05) is 35.9 Å². The molecule has 3 N–H and O–H groups in total. The standard InChI is InChI=1S/C21H13ClN2O4/c22-11-5-7-16(20(26)27)18(9-11)24-21(28)23-12-6-8-15-17(10-12)13-3-1-2-4-14(13)19(15)25/h1-10H,(H,26,27)(H2,23,24,28). The molecule has 0 atom stereocenters. The minimum Gasteiger partial charge on any atom is -0.478 e. The van der Waals surface area contributed by atoms with Crippen LogP contribution in [0.1, 0.15) is 26.3 Å². The van der Waals surface area contributed by atoms with Crippen molar-refractivity contribution in [3.63, 3.8) is 0 Å². The maximum Gasteiger partial charge on any atom is 0.337 e. The summed E-state index contributed by atoms with van der Waals surface area (Å²) in [7, 11) is 0. The summed E-state index contributed by atoms with van der Waals surface area (Å²) in [5.74, 6) is -1.23. The third-order valence-electron chi connectivity index (χ3n) is 4.44. The summed E-state index contributed by atoms with van der Waals surface area (Å²) in [5.41, 5.74) is 3.24. The van der Waals surface area contributed by atoms with Crippen molar-refractivity contribution in [2.24, 2.45) is 0 Å². The number of nitrogens with one attached hydrogen (secondary N) is 2. The molecule has 28 heavy (non-hydrogen) atoms. The van der Waals surface area contributed by atoms with Crippen LogP contribution in [0.5, 0.6) is 0 Å². The number of ketones is 1. The maximum absolute atomic E-state index is 12.4. The van der Waals surface area contributed by atoms with Gasteiger partial charge in [0.25, 0.3) is 0 Å². The maximum atomic E-state index is 12.4. The SMILES string of the molecule is O=C(Nc1ccc2c(c1)-c1ccccc1C2=O)Nc1cc(Cl)ccc1C(=O)O. The van der Waals surface area contributed by atoms with E-state index in [1.807, 2.05) is 12.1 Å². The fourth-order valence-corrected chi connectivity index (χ4v) is 3.37. The van der Waals surface area contributed by atoms with Crippen LogP contribution in [-0.2, 0) is 0 Å². The molecule has 1 aliphatic carbocycles. The summed E-state index contributed by atoms with van der Waals surface area (Å²) < 4.78 is 0. The number of hydrogen-bond donors (Lipinski definition) is 3. The van der Waals surface area contributed by atoms with Crippen LogP contribution in [-0.4, -0.2) is 22.9 Å². The van der Waals surface area contributed by atoms with Crippen LogP contribution in [0.15, 0.2) is 60.7 Å². The van der Waals surface area contributed by atoms with Gasteiger partial charge in [0.05, 0.1) is 11.3 Å². The van der Waals surface area contributed by atoms with Gasteiger partial charge in [0.1, 0.15) is 0 Å². The first-order valence-corrected chi connectivity index (χ1v) is 8.71. The zero-order chi connectivity index (χ0) is 19.8. The predicted octanol–water partition coefficient (Wildman–Crippen LogP) is 4.89. The number of carboxylic acid groups (broad SMARTS) is 1. The highest BCUT2D eigenvalue weighted by molar-refractivity contribution is 6.31. The van der Waals surface area contributed by atoms with Crippen molar-refractivity contribution in [3.05, 3.63) is 82.4 Å². The number of carbonyl (C=O) groups excluding carboxylic acids is 2. The molecule has 2 amide bonds. The van der Waals surface area contributed by atoms with E-state index in [9.17, 15) is 19.5 Å². The third-order valence-corrected chi connectivity index (χ3v) is 4.68. The quantitative estimate of drug-likeness (QED) is 0.462. The van der Waals surface area contributed by atoms with Crippen molar-refractivity contribution >= 4 is 40.8 Å². The molecule has 0 aromatic heterocycles. The number of urea groups is 1. The van der Waals surface area contributed by atoms with Crippen LogP contribution in [0.4, 0.5) is 16.2 Å². The van der Waals surface area contributed by atoms with Gasteiger partial charge in [-0.3, -0.25) is 4.79 Å². The molecule has 138 valence electrons. The minimum atomic E-state index is -1.18. The molecule has 0 saturated carbocycles. The molecular formula is C21H13ClN2O4. The van der Waals surface area contributed by atoms with E-state index in [0.717, 1.165) is 11.1 Å². The van der Waals surface area contributed by atoms with E-state index in [1.165, 1.54) is 18.2 Å². The van der Waals surface area contributed by atoms with E-state index in [4.69, 9.17) is 11.6 Å². The van der Waals surface area contributed by atoms with Crippen molar-refractivity contribution in [2.45, 2.75) is 0 Å². The molecule has 4 rings (SSSR count). The number of aromatic carboxylic acids is 1. The number of anilines is 2. The Morgan fingerprint density at radius 1 is 0.821 bits per heavy atom.